The Labute approximate surface area is 323 Å². The molecule has 0 radical (unpaired) electrons. The molecule has 7 nitrogen and oxygen atoms in total. The third kappa shape index (κ3) is 7.11. The highest BCUT2D eigenvalue weighted by molar-refractivity contribution is 7.13. The number of anilines is 1. The van der Waals surface area contributed by atoms with Gasteiger partial charge in [-0.05, 0) is 75.2 Å². The lowest BCUT2D eigenvalue weighted by Gasteiger charge is -2.28. The molecule has 1 aromatic heterocycles. The average Bonchev–Trinajstić information content (AvgIpc) is 3.76. The molecule has 0 fully saturated rings. The monoisotopic (exact) mass is 738 g/mol. The van der Waals surface area contributed by atoms with E-state index in [0.29, 0.717) is 16.0 Å². The largest absolute Gasteiger partial charge is 0.506 e. The van der Waals surface area contributed by atoms with Gasteiger partial charge in [0.25, 0.3) is 0 Å². The molecule has 8 heteroatoms. The summed E-state index contributed by atoms with van der Waals surface area (Å²) >= 11 is 1.33. The van der Waals surface area contributed by atoms with E-state index in [-0.39, 0.29) is 22.5 Å². The smallest absolute Gasteiger partial charge is 0.346 e. The van der Waals surface area contributed by atoms with Crippen molar-refractivity contribution in [1.29, 1.82) is 5.26 Å². The summed E-state index contributed by atoms with van der Waals surface area (Å²) in [5, 5.41) is 29.8. The second-order valence-corrected chi connectivity index (χ2v) is 16.3. The number of fused-ring (bicyclic) bond motifs is 2. The van der Waals surface area contributed by atoms with E-state index < -0.39 is 11.4 Å². The molecule has 0 spiro atoms. The number of ketones is 1. The van der Waals surface area contributed by atoms with Gasteiger partial charge in [-0.1, -0.05) is 76.5 Å². The minimum Gasteiger partial charge on any atom is -0.506 e. The fourth-order valence-corrected chi connectivity index (χ4v) is 8.65. The van der Waals surface area contributed by atoms with Crippen LogP contribution in [0.15, 0.2) is 94.9 Å². The number of likely N-dealkylation sites (N-methyl/N-ethyl adjacent to an activating group) is 1. The van der Waals surface area contributed by atoms with Crippen LogP contribution in [0.2, 0.25) is 0 Å². The number of carboxylic acids is 1. The minimum absolute atomic E-state index is 0.0380. The number of aliphatic carboxylic acids is 1. The molecule has 2 N–H and O–H groups in total. The zero-order valence-corrected chi connectivity index (χ0v) is 32.9. The standard InChI is InChI=1S/C46H47N3O4S/c1-7-9-10-11-12-15-24-49-39-23-19-30(18-20-32-21-22-33(54-32)26-31(29-47)44(52)53)25-37(39)46(5,6)41(49)28-35-42(50)34(43(35)51)27-40-45(3,4)36-16-13-14-17-38(36)48(40)8-2/h13-14,16-17,19,21-23,25-28H,7-12,15,24H2,1-6H3,(H-,50,51,52,53)/p+1/b31-26+. The van der Waals surface area contributed by atoms with Crippen LogP contribution >= 0.6 is 11.3 Å². The van der Waals surface area contributed by atoms with Gasteiger partial charge in [-0.3, -0.25) is 4.79 Å². The van der Waals surface area contributed by atoms with Gasteiger partial charge in [-0.2, -0.15) is 9.84 Å². The number of thiophene rings is 1. The molecule has 2 aliphatic heterocycles. The van der Waals surface area contributed by atoms with Crippen molar-refractivity contribution in [1.82, 2.24) is 0 Å². The van der Waals surface area contributed by atoms with Crippen molar-refractivity contribution >= 4 is 46.3 Å². The quantitative estimate of drug-likeness (QED) is 0.0631. The lowest BCUT2D eigenvalue weighted by molar-refractivity contribution is -0.438. The minimum atomic E-state index is -1.26. The lowest BCUT2D eigenvalue weighted by Crippen LogP contribution is -2.32. The fraction of sp³-hybridized carbons (Fsp3) is 0.348. The van der Waals surface area contributed by atoms with E-state index >= 15 is 0 Å². The number of carboxylic acid groups (broad SMARTS) is 1. The van der Waals surface area contributed by atoms with Gasteiger partial charge in [-0.15, -0.1) is 11.3 Å². The first kappa shape index (κ1) is 38.3. The van der Waals surface area contributed by atoms with Crippen molar-refractivity contribution in [2.75, 3.05) is 18.0 Å². The highest BCUT2D eigenvalue weighted by Gasteiger charge is 2.47. The van der Waals surface area contributed by atoms with Crippen LogP contribution in [0.3, 0.4) is 0 Å². The number of hydrogen-bond acceptors (Lipinski definition) is 6. The average molecular weight is 739 g/mol. The highest BCUT2D eigenvalue weighted by Crippen LogP contribution is 2.49. The predicted molar refractivity (Wildman–Crippen MR) is 217 cm³/mol. The number of aliphatic hydroxyl groups excluding tert-OH is 1. The summed E-state index contributed by atoms with van der Waals surface area (Å²) in [5.74, 6) is 5.11. The van der Waals surface area contributed by atoms with Gasteiger partial charge in [0.15, 0.2) is 5.71 Å². The molecule has 276 valence electrons. The summed E-state index contributed by atoms with van der Waals surface area (Å²) in [6.45, 7) is 14.5. The lowest BCUT2D eigenvalue weighted by atomic mass is 9.77. The number of rotatable bonds is 12. The van der Waals surface area contributed by atoms with Crippen LogP contribution in [0.5, 0.6) is 0 Å². The molecule has 2 aromatic carbocycles. The summed E-state index contributed by atoms with van der Waals surface area (Å²) in [4.78, 5) is 28.8. The van der Waals surface area contributed by atoms with Crippen LogP contribution < -0.4 is 4.90 Å². The summed E-state index contributed by atoms with van der Waals surface area (Å²) in [6.07, 6.45) is 12.1. The van der Waals surface area contributed by atoms with E-state index in [9.17, 15) is 19.8 Å². The van der Waals surface area contributed by atoms with Crippen molar-refractivity contribution < 1.29 is 24.4 Å². The number of benzene rings is 2. The van der Waals surface area contributed by atoms with Gasteiger partial charge >= 0.3 is 5.97 Å². The van der Waals surface area contributed by atoms with Crippen molar-refractivity contribution in [2.24, 2.45) is 0 Å². The van der Waals surface area contributed by atoms with Gasteiger partial charge < -0.3 is 15.1 Å². The van der Waals surface area contributed by atoms with Crippen LogP contribution in [0.25, 0.3) is 6.08 Å². The maximum Gasteiger partial charge on any atom is 0.346 e. The topological polar surface area (TPSA) is 105 Å². The summed E-state index contributed by atoms with van der Waals surface area (Å²) < 4.78 is 2.32. The van der Waals surface area contributed by atoms with E-state index in [1.165, 1.54) is 48.7 Å². The summed E-state index contributed by atoms with van der Waals surface area (Å²) in [6, 6.07) is 19.9. The van der Waals surface area contributed by atoms with Crippen LogP contribution in [0, 0.1) is 23.2 Å². The van der Waals surface area contributed by atoms with Crippen LogP contribution in [0.4, 0.5) is 11.4 Å². The number of nitrogens with zero attached hydrogens (tertiary/aromatic N) is 3. The van der Waals surface area contributed by atoms with Gasteiger partial charge in [0.2, 0.25) is 11.5 Å². The number of Topliss-reactive ketones (excluding diaryl/α,β-unsaturated/α-hetero) is 1. The molecule has 3 heterocycles. The van der Waals surface area contributed by atoms with Gasteiger partial charge in [0, 0.05) is 57.9 Å². The maximum absolute atomic E-state index is 13.9. The molecule has 0 unspecified atom stereocenters. The molecule has 0 atom stereocenters. The molecule has 54 heavy (non-hydrogen) atoms. The first-order chi connectivity index (χ1) is 25.8. The number of carbonyl (C=O) groups excluding carboxylic acids is 1. The van der Waals surface area contributed by atoms with E-state index in [1.807, 2.05) is 36.4 Å². The second-order valence-electron chi connectivity index (χ2n) is 15.2. The number of nitriles is 1. The van der Waals surface area contributed by atoms with Gasteiger partial charge in [-0.25, -0.2) is 4.79 Å². The van der Waals surface area contributed by atoms with E-state index in [1.54, 1.807) is 12.1 Å². The number of carbonyl (C=O) groups is 2. The van der Waals surface area contributed by atoms with Crippen molar-refractivity contribution in [3.05, 3.63) is 121 Å². The fourth-order valence-electron chi connectivity index (χ4n) is 7.85. The Morgan fingerprint density at radius 2 is 1.67 bits per heavy atom. The number of aliphatic hydroxyl groups is 1. The maximum atomic E-state index is 13.9. The molecular weight excluding hydrogens is 691 g/mol. The Morgan fingerprint density at radius 1 is 0.926 bits per heavy atom. The zero-order chi connectivity index (χ0) is 38.8. The third-order valence-corrected chi connectivity index (χ3v) is 11.8. The molecule has 1 aliphatic carbocycles. The Hall–Kier alpha value is -5.44. The Kier molecular flexibility index (Phi) is 11.0. The van der Waals surface area contributed by atoms with Crippen molar-refractivity contribution in [3.8, 4) is 17.9 Å². The molecule has 0 amide bonds. The predicted octanol–water partition coefficient (Wildman–Crippen LogP) is 9.90. The summed E-state index contributed by atoms with van der Waals surface area (Å²) in [7, 11) is 0. The van der Waals surface area contributed by atoms with Gasteiger partial charge in [0.1, 0.15) is 23.9 Å². The van der Waals surface area contributed by atoms with Crippen LogP contribution in [-0.2, 0) is 20.4 Å². The molecule has 0 saturated carbocycles. The summed E-state index contributed by atoms with van der Waals surface area (Å²) in [5.41, 5.74) is 6.91. The molecule has 6 rings (SSSR count). The first-order valence-corrected chi connectivity index (χ1v) is 19.7. The molecule has 0 saturated heterocycles. The normalized spacial score (nSPS) is 18.4. The SMILES string of the molecule is CCCCCCCC[N+]1=C(/C=C2\C(=O)C(/C=C3/N(CC)c4ccccc4C3(C)C)=C2O)C(C)(C)c2cc(C#Cc3ccc(/C=C(\C#N)C(=O)O)s3)ccc21. The first-order valence-electron chi connectivity index (χ1n) is 18.9. The number of unbranched alkanes of at least 4 members (excludes halogenated alkanes) is 5. The number of hydrogen-bond donors (Lipinski definition) is 2. The number of para-hydroxylation sites is 1. The third-order valence-electron chi connectivity index (χ3n) is 10.9. The van der Waals surface area contributed by atoms with Crippen LogP contribution in [-0.4, -0.2) is 45.3 Å². The second kappa shape index (κ2) is 15.5. The highest BCUT2D eigenvalue weighted by atomic mass is 32.1. The number of allylic oxidation sites excluding steroid dienone is 5. The molecule has 3 aliphatic rings. The van der Waals surface area contributed by atoms with Crippen molar-refractivity contribution in [2.45, 2.75) is 90.9 Å². The van der Waals surface area contributed by atoms with E-state index in [4.69, 9.17) is 5.26 Å². The molecular formula is C46H48N3O4S+. The van der Waals surface area contributed by atoms with Gasteiger partial charge in [0.05, 0.1) is 21.4 Å². The molecule has 3 aromatic rings. The zero-order valence-electron chi connectivity index (χ0n) is 32.0. The Bertz CT molecular complexity index is 2290. The van der Waals surface area contributed by atoms with E-state index in [0.717, 1.165) is 64.7 Å². The van der Waals surface area contributed by atoms with Crippen LogP contribution in [0.1, 0.15) is 107 Å². The van der Waals surface area contributed by atoms with E-state index in [2.05, 4.69) is 87.1 Å². The van der Waals surface area contributed by atoms with Crippen molar-refractivity contribution in [3.63, 3.8) is 0 Å². The Morgan fingerprint density at radius 3 is 2.37 bits per heavy atom. The molecule has 0 bridgehead atoms. The Balaban J connectivity index is 1.33.